The first kappa shape index (κ1) is 16.9. The first-order valence-corrected chi connectivity index (χ1v) is 6.61. The summed E-state index contributed by atoms with van der Waals surface area (Å²) in [5.74, 6) is 0. The number of nitrogens with zero attached hydrogens (tertiary/aromatic N) is 2. The summed E-state index contributed by atoms with van der Waals surface area (Å²) in [5.41, 5.74) is 7.91. The molecule has 1 aromatic heterocycles. The van der Waals surface area contributed by atoms with E-state index in [2.05, 4.69) is 17.1 Å². The summed E-state index contributed by atoms with van der Waals surface area (Å²) in [4.78, 5) is 12.6. The molecular formula is C15H21N3O3. The third kappa shape index (κ3) is 7.24. The number of imidazole rings is 1. The maximum Gasteiger partial charge on any atom is 0.290 e. The second kappa shape index (κ2) is 9.68. The molecule has 0 bridgehead atoms. The summed E-state index contributed by atoms with van der Waals surface area (Å²) >= 11 is 0. The number of aromatic nitrogens is 2. The van der Waals surface area contributed by atoms with E-state index < -0.39 is 0 Å². The highest BCUT2D eigenvalue weighted by Crippen LogP contribution is 2.03. The van der Waals surface area contributed by atoms with Crippen LogP contribution in [-0.2, 0) is 29.3 Å². The lowest BCUT2D eigenvalue weighted by atomic mass is 10.2. The van der Waals surface area contributed by atoms with Crippen molar-refractivity contribution in [2.24, 2.45) is 5.73 Å². The highest BCUT2D eigenvalue weighted by atomic mass is 16.5. The van der Waals surface area contributed by atoms with Crippen LogP contribution in [-0.4, -0.2) is 27.2 Å². The number of benzene rings is 1. The Bertz CT molecular complexity index is 512. The molecule has 1 aromatic carbocycles. The normalized spacial score (nSPS) is 11.3. The zero-order valence-corrected chi connectivity index (χ0v) is 12.1. The van der Waals surface area contributed by atoms with Crippen molar-refractivity contribution in [1.29, 1.82) is 0 Å². The fourth-order valence-corrected chi connectivity index (χ4v) is 1.76. The number of hydrogen-bond acceptors (Lipinski definition) is 4. The Hall–Kier alpha value is -2.18. The number of carbonyl (C=O) groups is 1. The first-order chi connectivity index (χ1) is 10.2. The number of hydrogen-bond donors (Lipinski definition) is 2. The minimum atomic E-state index is -0.250. The molecule has 0 aliphatic carbocycles. The van der Waals surface area contributed by atoms with Crippen molar-refractivity contribution in [2.45, 2.75) is 32.7 Å². The lowest BCUT2D eigenvalue weighted by Gasteiger charge is -2.04. The van der Waals surface area contributed by atoms with Gasteiger partial charge in [0.2, 0.25) is 0 Å². The monoisotopic (exact) mass is 291 g/mol. The molecule has 1 heterocycles. The number of nitrogens with two attached hydrogens (primary N) is 1. The van der Waals surface area contributed by atoms with Crippen molar-refractivity contribution < 1.29 is 14.6 Å². The van der Waals surface area contributed by atoms with Gasteiger partial charge in [0.25, 0.3) is 6.47 Å². The Labute approximate surface area is 124 Å². The quantitative estimate of drug-likeness (QED) is 0.790. The van der Waals surface area contributed by atoms with Crippen LogP contribution in [0.25, 0.3) is 0 Å². The maximum absolute atomic E-state index is 8.36. The van der Waals surface area contributed by atoms with Gasteiger partial charge in [-0.25, -0.2) is 4.98 Å². The summed E-state index contributed by atoms with van der Waals surface area (Å²) in [6.07, 6.45) is 4.56. The minimum absolute atomic E-state index is 0.138. The van der Waals surface area contributed by atoms with E-state index >= 15 is 0 Å². The molecule has 0 saturated heterocycles. The van der Waals surface area contributed by atoms with Gasteiger partial charge in [-0.05, 0) is 12.5 Å². The van der Waals surface area contributed by atoms with Crippen molar-refractivity contribution in [1.82, 2.24) is 9.55 Å². The summed E-state index contributed by atoms with van der Waals surface area (Å²) in [6, 6.07) is 10.3. The third-order valence-corrected chi connectivity index (χ3v) is 2.57. The molecule has 2 aromatic rings. The Balaban J connectivity index is 0.000000677. The molecule has 1 atom stereocenters. The van der Waals surface area contributed by atoms with E-state index in [1.54, 1.807) is 6.33 Å². The highest BCUT2D eigenvalue weighted by molar-refractivity contribution is 5.32. The molecule has 1 unspecified atom stereocenters. The molecule has 0 spiro atoms. The average molecular weight is 291 g/mol. The van der Waals surface area contributed by atoms with Gasteiger partial charge in [0.15, 0.2) is 0 Å². The fourth-order valence-electron chi connectivity index (χ4n) is 1.76. The predicted octanol–water partition coefficient (Wildman–Crippen LogP) is 1.65. The molecule has 6 nitrogen and oxygen atoms in total. The van der Waals surface area contributed by atoms with Crippen molar-refractivity contribution >= 4 is 6.47 Å². The van der Waals surface area contributed by atoms with Crippen LogP contribution in [0.4, 0.5) is 0 Å². The van der Waals surface area contributed by atoms with Crippen LogP contribution in [0.15, 0.2) is 42.9 Å². The zero-order chi connectivity index (χ0) is 15.5. The molecule has 0 fully saturated rings. The number of carboxylic acid groups (broad SMARTS) is 1. The van der Waals surface area contributed by atoms with Crippen molar-refractivity contribution in [3.05, 3.63) is 54.1 Å². The summed E-state index contributed by atoms with van der Waals surface area (Å²) in [5, 5.41) is 6.89. The van der Waals surface area contributed by atoms with Crippen molar-refractivity contribution in [3.8, 4) is 0 Å². The van der Waals surface area contributed by atoms with E-state index in [9.17, 15) is 0 Å². The van der Waals surface area contributed by atoms with Crippen LogP contribution < -0.4 is 5.73 Å². The van der Waals surface area contributed by atoms with Crippen LogP contribution >= 0.6 is 0 Å². The lowest BCUT2D eigenvalue weighted by molar-refractivity contribution is -0.122. The zero-order valence-electron chi connectivity index (χ0n) is 12.1. The summed E-state index contributed by atoms with van der Waals surface area (Å²) in [6.45, 7) is 2.85. The van der Waals surface area contributed by atoms with Crippen molar-refractivity contribution in [2.75, 3.05) is 0 Å². The molecule has 0 aliphatic rings. The minimum Gasteiger partial charge on any atom is -0.483 e. The number of rotatable bonds is 6. The molecule has 21 heavy (non-hydrogen) atoms. The van der Waals surface area contributed by atoms with Gasteiger partial charge >= 0.3 is 0 Å². The molecule has 0 saturated carbocycles. The molecule has 6 heteroatoms. The molecule has 0 radical (unpaired) electrons. The van der Waals surface area contributed by atoms with Crippen molar-refractivity contribution in [3.63, 3.8) is 0 Å². The highest BCUT2D eigenvalue weighted by Gasteiger charge is 2.02. The Kier molecular flexibility index (Phi) is 7.78. The largest absolute Gasteiger partial charge is 0.483 e. The van der Waals surface area contributed by atoms with Crippen LogP contribution in [0.2, 0.25) is 0 Å². The van der Waals surface area contributed by atoms with Crippen LogP contribution in [0.5, 0.6) is 0 Å². The van der Waals surface area contributed by atoms with Gasteiger partial charge in [0.1, 0.15) is 6.73 Å². The summed E-state index contributed by atoms with van der Waals surface area (Å²) in [7, 11) is 0. The van der Waals surface area contributed by atoms with E-state index in [1.807, 2.05) is 35.9 Å². The first-order valence-electron chi connectivity index (χ1n) is 6.61. The molecular weight excluding hydrogens is 270 g/mol. The standard InChI is InChI=1S/C14H19N3O.CH2O2/c1-12(15)7-14-8-17(10-16-14)11-18-9-13-5-3-2-4-6-13;2-1-3/h2-6,8,10,12H,7,9,11,15H2,1H3;1H,(H,2,3). The smallest absolute Gasteiger partial charge is 0.290 e. The van der Waals surface area contributed by atoms with Crippen LogP contribution in [0, 0.1) is 0 Å². The van der Waals surface area contributed by atoms with Crippen LogP contribution in [0.3, 0.4) is 0 Å². The molecule has 0 aliphatic heterocycles. The Morgan fingerprint density at radius 1 is 1.43 bits per heavy atom. The summed E-state index contributed by atoms with van der Waals surface area (Å²) < 4.78 is 7.55. The maximum atomic E-state index is 8.36. The second-order valence-corrected chi connectivity index (χ2v) is 4.63. The van der Waals surface area contributed by atoms with Gasteiger partial charge in [0, 0.05) is 18.7 Å². The van der Waals surface area contributed by atoms with E-state index in [0.717, 1.165) is 12.1 Å². The fraction of sp³-hybridized carbons (Fsp3) is 0.333. The molecule has 3 N–H and O–H groups in total. The van der Waals surface area contributed by atoms with Gasteiger partial charge in [-0.3, -0.25) is 4.79 Å². The third-order valence-electron chi connectivity index (χ3n) is 2.57. The van der Waals surface area contributed by atoms with Crippen LogP contribution in [0.1, 0.15) is 18.2 Å². The van der Waals surface area contributed by atoms with Gasteiger partial charge < -0.3 is 20.1 Å². The molecule has 2 rings (SSSR count). The SMILES string of the molecule is CC(N)Cc1cn(COCc2ccccc2)cn1.O=CO. The van der Waals surface area contributed by atoms with Gasteiger partial charge in [-0.1, -0.05) is 30.3 Å². The molecule has 0 amide bonds. The lowest BCUT2D eigenvalue weighted by Crippen LogP contribution is -2.17. The van der Waals surface area contributed by atoms with Gasteiger partial charge in [-0.2, -0.15) is 0 Å². The average Bonchev–Trinajstić information content (AvgIpc) is 2.87. The second-order valence-electron chi connectivity index (χ2n) is 4.63. The Morgan fingerprint density at radius 2 is 2.10 bits per heavy atom. The molecule has 114 valence electrons. The number of ether oxygens (including phenoxy) is 1. The van der Waals surface area contributed by atoms with E-state index in [0.29, 0.717) is 13.3 Å². The van der Waals surface area contributed by atoms with E-state index in [-0.39, 0.29) is 12.5 Å². The van der Waals surface area contributed by atoms with Gasteiger partial charge in [-0.15, -0.1) is 0 Å². The van der Waals surface area contributed by atoms with Gasteiger partial charge in [0.05, 0.1) is 18.6 Å². The van der Waals surface area contributed by atoms with E-state index in [4.69, 9.17) is 20.4 Å². The van der Waals surface area contributed by atoms with E-state index in [1.165, 1.54) is 5.56 Å². The predicted molar refractivity (Wildman–Crippen MR) is 79.5 cm³/mol. The Morgan fingerprint density at radius 3 is 2.71 bits per heavy atom. The topological polar surface area (TPSA) is 90.4 Å².